The molecule has 1 amide bonds. The van der Waals surface area contributed by atoms with Crippen LogP contribution in [0.3, 0.4) is 0 Å². The fourth-order valence-corrected chi connectivity index (χ4v) is 1.45. The SMILES string of the molecule is CCOc1cccc(NC(=O)CCCCO)c1. The van der Waals surface area contributed by atoms with Crippen molar-refractivity contribution < 1.29 is 14.6 Å². The van der Waals surface area contributed by atoms with Gasteiger partial charge in [-0.1, -0.05) is 6.07 Å². The number of anilines is 1. The van der Waals surface area contributed by atoms with Gasteiger partial charge in [-0.2, -0.15) is 0 Å². The Bertz CT molecular complexity index is 352. The van der Waals surface area contributed by atoms with Gasteiger partial charge in [0.15, 0.2) is 0 Å². The quantitative estimate of drug-likeness (QED) is 0.715. The van der Waals surface area contributed by atoms with Crippen LogP contribution in [-0.2, 0) is 4.79 Å². The maximum atomic E-state index is 11.5. The van der Waals surface area contributed by atoms with Crippen molar-refractivity contribution in [3.8, 4) is 5.75 Å². The normalized spacial score (nSPS) is 10.0. The molecule has 0 aliphatic rings. The number of rotatable bonds is 7. The molecule has 0 radical (unpaired) electrons. The molecular weight excluding hydrogens is 218 g/mol. The summed E-state index contributed by atoms with van der Waals surface area (Å²) >= 11 is 0. The van der Waals surface area contributed by atoms with Crippen LogP contribution in [0.5, 0.6) is 5.75 Å². The first-order chi connectivity index (χ1) is 8.26. The maximum Gasteiger partial charge on any atom is 0.224 e. The van der Waals surface area contributed by atoms with Crippen LogP contribution in [0.1, 0.15) is 26.2 Å². The van der Waals surface area contributed by atoms with Gasteiger partial charge in [-0.05, 0) is 31.9 Å². The predicted octanol–water partition coefficient (Wildman–Crippen LogP) is 2.19. The van der Waals surface area contributed by atoms with Crippen molar-refractivity contribution in [1.82, 2.24) is 0 Å². The molecule has 4 heteroatoms. The van der Waals surface area contributed by atoms with Crippen molar-refractivity contribution >= 4 is 11.6 Å². The lowest BCUT2D eigenvalue weighted by Crippen LogP contribution is -2.11. The van der Waals surface area contributed by atoms with Crippen molar-refractivity contribution in [3.05, 3.63) is 24.3 Å². The average molecular weight is 237 g/mol. The molecule has 17 heavy (non-hydrogen) atoms. The minimum atomic E-state index is -0.0351. The Morgan fingerprint density at radius 1 is 1.41 bits per heavy atom. The van der Waals surface area contributed by atoms with Crippen molar-refractivity contribution in [1.29, 1.82) is 0 Å². The molecule has 1 rings (SSSR count). The number of benzene rings is 1. The highest BCUT2D eigenvalue weighted by Gasteiger charge is 2.02. The lowest BCUT2D eigenvalue weighted by Gasteiger charge is -2.07. The van der Waals surface area contributed by atoms with E-state index in [-0.39, 0.29) is 12.5 Å². The zero-order chi connectivity index (χ0) is 12.5. The number of amides is 1. The first kappa shape index (κ1) is 13.5. The summed E-state index contributed by atoms with van der Waals surface area (Å²) in [6.07, 6.45) is 1.79. The van der Waals surface area contributed by atoms with Gasteiger partial charge in [-0.15, -0.1) is 0 Å². The molecule has 0 aliphatic heterocycles. The minimum absolute atomic E-state index is 0.0351. The molecule has 0 saturated heterocycles. The van der Waals surface area contributed by atoms with Crippen molar-refractivity contribution in [3.63, 3.8) is 0 Å². The van der Waals surface area contributed by atoms with Gasteiger partial charge in [-0.3, -0.25) is 4.79 Å². The molecule has 0 unspecified atom stereocenters. The summed E-state index contributed by atoms with van der Waals surface area (Å²) in [5.74, 6) is 0.716. The Morgan fingerprint density at radius 2 is 2.24 bits per heavy atom. The Labute approximate surface area is 102 Å². The highest BCUT2D eigenvalue weighted by Crippen LogP contribution is 2.17. The molecule has 0 bridgehead atoms. The molecule has 94 valence electrons. The summed E-state index contributed by atoms with van der Waals surface area (Å²) in [6.45, 7) is 2.65. The van der Waals surface area contributed by atoms with E-state index in [9.17, 15) is 4.79 Å². The van der Waals surface area contributed by atoms with Crippen LogP contribution >= 0.6 is 0 Å². The summed E-state index contributed by atoms with van der Waals surface area (Å²) in [5.41, 5.74) is 0.741. The maximum absolute atomic E-state index is 11.5. The molecule has 0 aromatic heterocycles. The van der Waals surface area contributed by atoms with Crippen LogP contribution in [-0.4, -0.2) is 24.2 Å². The summed E-state index contributed by atoms with van der Waals surface area (Å²) < 4.78 is 5.34. The minimum Gasteiger partial charge on any atom is -0.494 e. The van der Waals surface area contributed by atoms with E-state index in [0.717, 1.165) is 11.4 Å². The first-order valence-corrected chi connectivity index (χ1v) is 5.90. The second-order valence-corrected chi connectivity index (χ2v) is 3.69. The topological polar surface area (TPSA) is 58.6 Å². The van der Waals surface area contributed by atoms with Gasteiger partial charge in [0.2, 0.25) is 5.91 Å². The summed E-state index contributed by atoms with van der Waals surface area (Å²) in [6, 6.07) is 7.32. The van der Waals surface area contributed by atoms with Crippen LogP contribution in [0.15, 0.2) is 24.3 Å². The molecule has 0 aliphatic carbocycles. The number of hydrogen-bond donors (Lipinski definition) is 2. The standard InChI is InChI=1S/C13H19NO3/c1-2-17-12-7-5-6-11(10-12)14-13(16)8-3-4-9-15/h5-7,10,15H,2-4,8-9H2,1H3,(H,14,16). The fraction of sp³-hybridized carbons (Fsp3) is 0.462. The molecule has 4 nitrogen and oxygen atoms in total. The predicted molar refractivity (Wildman–Crippen MR) is 67.2 cm³/mol. The van der Waals surface area contributed by atoms with Gasteiger partial charge < -0.3 is 15.2 Å². The third kappa shape index (κ3) is 5.36. The van der Waals surface area contributed by atoms with E-state index in [1.165, 1.54) is 0 Å². The van der Waals surface area contributed by atoms with Gasteiger partial charge in [0, 0.05) is 24.8 Å². The first-order valence-electron chi connectivity index (χ1n) is 5.90. The highest BCUT2D eigenvalue weighted by molar-refractivity contribution is 5.90. The lowest BCUT2D eigenvalue weighted by molar-refractivity contribution is -0.116. The molecule has 1 aromatic carbocycles. The summed E-state index contributed by atoms with van der Waals surface area (Å²) in [4.78, 5) is 11.5. The molecule has 0 spiro atoms. The van der Waals surface area contributed by atoms with Crippen molar-refractivity contribution in [2.75, 3.05) is 18.5 Å². The molecule has 0 atom stereocenters. The largest absolute Gasteiger partial charge is 0.494 e. The second kappa shape index (κ2) is 7.68. The second-order valence-electron chi connectivity index (χ2n) is 3.69. The van der Waals surface area contributed by atoms with Gasteiger partial charge >= 0.3 is 0 Å². The van der Waals surface area contributed by atoms with Crippen molar-refractivity contribution in [2.45, 2.75) is 26.2 Å². The molecular formula is C13H19NO3. The third-order valence-electron chi connectivity index (χ3n) is 2.24. The zero-order valence-corrected chi connectivity index (χ0v) is 10.1. The van der Waals surface area contributed by atoms with Gasteiger partial charge in [0.1, 0.15) is 5.75 Å². The Balaban J connectivity index is 2.44. The number of hydrogen-bond acceptors (Lipinski definition) is 3. The fourth-order valence-electron chi connectivity index (χ4n) is 1.45. The zero-order valence-electron chi connectivity index (χ0n) is 10.1. The van der Waals surface area contributed by atoms with Crippen LogP contribution in [0.25, 0.3) is 0 Å². The van der Waals surface area contributed by atoms with E-state index < -0.39 is 0 Å². The van der Waals surface area contributed by atoms with Gasteiger partial charge in [0.05, 0.1) is 6.61 Å². The van der Waals surface area contributed by atoms with E-state index in [0.29, 0.717) is 25.9 Å². The number of ether oxygens (including phenoxy) is 1. The lowest BCUT2D eigenvalue weighted by atomic mass is 10.2. The van der Waals surface area contributed by atoms with Gasteiger partial charge in [0.25, 0.3) is 0 Å². The smallest absolute Gasteiger partial charge is 0.224 e. The van der Waals surface area contributed by atoms with Crippen LogP contribution in [0.2, 0.25) is 0 Å². The van der Waals surface area contributed by atoms with E-state index in [2.05, 4.69) is 5.32 Å². The van der Waals surface area contributed by atoms with Crippen LogP contribution < -0.4 is 10.1 Å². The van der Waals surface area contributed by atoms with E-state index in [1.807, 2.05) is 25.1 Å². The molecule has 2 N–H and O–H groups in total. The monoisotopic (exact) mass is 237 g/mol. The van der Waals surface area contributed by atoms with E-state index in [4.69, 9.17) is 9.84 Å². The number of carbonyl (C=O) groups excluding carboxylic acids is 1. The Morgan fingerprint density at radius 3 is 2.94 bits per heavy atom. The number of aliphatic hydroxyl groups is 1. The van der Waals surface area contributed by atoms with E-state index >= 15 is 0 Å². The Kier molecular flexibility index (Phi) is 6.10. The summed E-state index contributed by atoms with van der Waals surface area (Å²) in [7, 11) is 0. The highest BCUT2D eigenvalue weighted by atomic mass is 16.5. The average Bonchev–Trinajstić information content (AvgIpc) is 2.30. The molecule has 0 fully saturated rings. The Hall–Kier alpha value is -1.55. The number of carbonyl (C=O) groups is 1. The van der Waals surface area contributed by atoms with Crippen molar-refractivity contribution in [2.24, 2.45) is 0 Å². The van der Waals surface area contributed by atoms with E-state index in [1.54, 1.807) is 6.07 Å². The molecule has 0 saturated carbocycles. The third-order valence-corrected chi connectivity index (χ3v) is 2.24. The molecule has 0 heterocycles. The number of nitrogens with one attached hydrogen (secondary N) is 1. The summed E-state index contributed by atoms with van der Waals surface area (Å²) in [5, 5.41) is 11.4. The molecule has 1 aromatic rings. The number of aliphatic hydroxyl groups excluding tert-OH is 1. The van der Waals surface area contributed by atoms with Crippen LogP contribution in [0.4, 0.5) is 5.69 Å². The number of unbranched alkanes of at least 4 members (excludes halogenated alkanes) is 1. The van der Waals surface area contributed by atoms with Gasteiger partial charge in [-0.25, -0.2) is 0 Å². The van der Waals surface area contributed by atoms with Crippen LogP contribution in [0, 0.1) is 0 Å².